The zero-order valence-corrected chi connectivity index (χ0v) is 21.6. The van der Waals surface area contributed by atoms with Crippen molar-refractivity contribution in [3.8, 4) is 32.8 Å². The van der Waals surface area contributed by atoms with Crippen LogP contribution in [0.15, 0.2) is 42.6 Å². The number of aliphatic hydroxyl groups is 1. The van der Waals surface area contributed by atoms with Gasteiger partial charge in [0.25, 0.3) is 0 Å². The molecule has 2 atom stereocenters. The molecule has 0 aliphatic carbocycles. The van der Waals surface area contributed by atoms with Gasteiger partial charge in [0.15, 0.2) is 0 Å². The van der Waals surface area contributed by atoms with E-state index in [9.17, 15) is 20.3 Å². The van der Waals surface area contributed by atoms with Gasteiger partial charge in [-0.3, -0.25) is 9.69 Å². The summed E-state index contributed by atoms with van der Waals surface area (Å²) in [7, 11) is 0. The smallest absolute Gasteiger partial charge is 0.321 e. The molecule has 0 saturated carbocycles. The van der Waals surface area contributed by atoms with Gasteiger partial charge in [0.05, 0.1) is 22.6 Å². The first-order chi connectivity index (χ1) is 17.3. The van der Waals surface area contributed by atoms with Gasteiger partial charge < -0.3 is 14.9 Å². The van der Waals surface area contributed by atoms with Gasteiger partial charge in [-0.15, -0.1) is 11.3 Å². The number of likely N-dealkylation sites (tertiary alicyclic amines) is 1. The molecule has 0 radical (unpaired) electrons. The number of thiazole rings is 1. The fourth-order valence-electron chi connectivity index (χ4n) is 4.80. The van der Waals surface area contributed by atoms with E-state index in [-0.39, 0.29) is 12.5 Å². The number of β-amino-alcohol motifs (C(OH)–C–C–N with tert-alkyl or cyclic N) is 1. The Labute approximate surface area is 215 Å². The highest BCUT2D eigenvalue weighted by Crippen LogP contribution is 2.36. The highest BCUT2D eigenvalue weighted by Gasteiger charge is 2.35. The van der Waals surface area contributed by atoms with Crippen molar-refractivity contribution < 1.29 is 19.7 Å². The van der Waals surface area contributed by atoms with E-state index in [0.29, 0.717) is 30.8 Å². The normalized spacial score (nSPS) is 17.9. The van der Waals surface area contributed by atoms with Gasteiger partial charge in [-0.1, -0.05) is 25.1 Å². The maximum Gasteiger partial charge on any atom is 0.321 e. The Kier molecular flexibility index (Phi) is 8.04. The summed E-state index contributed by atoms with van der Waals surface area (Å²) in [6.07, 6.45) is 3.09. The summed E-state index contributed by atoms with van der Waals surface area (Å²) in [6.45, 7) is 6.96. The number of rotatable bonds is 9. The lowest BCUT2D eigenvalue weighted by Gasteiger charge is -2.21. The Morgan fingerprint density at radius 2 is 2.14 bits per heavy atom. The Morgan fingerprint density at radius 3 is 2.83 bits per heavy atom. The van der Waals surface area contributed by atoms with Crippen molar-refractivity contribution in [2.24, 2.45) is 0 Å². The third-order valence-corrected chi connectivity index (χ3v) is 7.52. The van der Waals surface area contributed by atoms with Gasteiger partial charge in [-0.05, 0) is 61.6 Å². The van der Waals surface area contributed by atoms with Crippen molar-refractivity contribution in [1.82, 2.24) is 9.88 Å². The van der Waals surface area contributed by atoms with Crippen LogP contribution in [-0.2, 0) is 17.6 Å². The van der Waals surface area contributed by atoms with E-state index in [1.807, 2.05) is 49.2 Å². The highest BCUT2D eigenvalue weighted by atomic mass is 32.1. The third-order valence-electron chi connectivity index (χ3n) is 6.44. The molecule has 0 bridgehead atoms. The van der Waals surface area contributed by atoms with Crippen molar-refractivity contribution in [1.29, 1.82) is 5.26 Å². The molecule has 0 spiro atoms. The quantitative estimate of drug-likeness (QED) is 0.432. The molecule has 1 saturated heterocycles. The molecule has 2 heterocycles. The first-order valence-corrected chi connectivity index (χ1v) is 13.0. The molecular formula is C28H31N3O4S. The first kappa shape index (κ1) is 25.8. The summed E-state index contributed by atoms with van der Waals surface area (Å²) < 4.78 is 5.74. The van der Waals surface area contributed by atoms with Crippen molar-refractivity contribution >= 4 is 17.3 Å². The van der Waals surface area contributed by atoms with E-state index in [0.717, 1.165) is 27.4 Å². The Morgan fingerprint density at radius 1 is 1.33 bits per heavy atom. The second-order valence-corrected chi connectivity index (χ2v) is 10.3. The number of carboxylic acid groups (broad SMARTS) is 1. The second-order valence-electron chi connectivity index (χ2n) is 9.30. The molecule has 2 N–H and O–H groups in total. The van der Waals surface area contributed by atoms with Gasteiger partial charge in [-0.2, -0.15) is 5.26 Å². The number of hydrogen-bond acceptors (Lipinski definition) is 7. The number of carbonyl (C=O) groups is 1. The van der Waals surface area contributed by atoms with Crippen molar-refractivity contribution in [2.75, 3.05) is 13.1 Å². The minimum atomic E-state index is -0.878. The van der Waals surface area contributed by atoms with E-state index in [2.05, 4.69) is 30.1 Å². The van der Waals surface area contributed by atoms with Crippen LogP contribution >= 0.6 is 11.3 Å². The van der Waals surface area contributed by atoms with Crippen LogP contribution in [0.3, 0.4) is 0 Å². The second kappa shape index (κ2) is 11.2. The Balaban J connectivity index is 1.57. The number of nitrogens with zero attached hydrogens (tertiary/aromatic N) is 3. The fourth-order valence-corrected chi connectivity index (χ4v) is 5.77. The van der Waals surface area contributed by atoms with Crippen LogP contribution < -0.4 is 4.74 Å². The molecule has 1 aliphatic heterocycles. The van der Waals surface area contributed by atoms with Crippen molar-refractivity contribution in [2.45, 2.75) is 58.3 Å². The van der Waals surface area contributed by atoms with Crippen LogP contribution in [0.2, 0.25) is 0 Å². The average Bonchev–Trinajstić information content (AvgIpc) is 3.49. The van der Waals surface area contributed by atoms with Crippen LogP contribution in [0, 0.1) is 11.3 Å². The minimum Gasteiger partial charge on any atom is -0.490 e. The molecule has 4 rings (SSSR count). The Bertz CT molecular complexity index is 1280. The number of ether oxygens (including phenoxy) is 1. The lowest BCUT2D eigenvalue weighted by Crippen LogP contribution is -2.37. The van der Waals surface area contributed by atoms with Gasteiger partial charge in [0, 0.05) is 31.3 Å². The summed E-state index contributed by atoms with van der Waals surface area (Å²) in [4.78, 5) is 19.1. The predicted octanol–water partition coefficient (Wildman–Crippen LogP) is 4.76. The average molecular weight is 506 g/mol. The summed E-state index contributed by atoms with van der Waals surface area (Å²) in [5, 5.41) is 29.9. The number of aliphatic carboxylic acids is 1. The highest BCUT2D eigenvalue weighted by molar-refractivity contribution is 7.18. The monoisotopic (exact) mass is 505 g/mol. The minimum absolute atomic E-state index is 0.0142. The molecule has 0 unspecified atom stereocenters. The van der Waals surface area contributed by atoms with Gasteiger partial charge in [0.1, 0.15) is 22.9 Å². The third kappa shape index (κ3) is 5.59. The summed E-state index contributed by atoms with van der Waals surface area (Å²) in [6, 6.07) is 13.4. The number of hydrogen-bond donors (Lipinski definition) is 2. The van der Waals surface area contributed by atoms with Gasteiger partial charge in [0.2, 0.25) is 0 Å². The molecule has 3 aromatic rings. The van der Waals surface area contributed by atoms with E-state index in [1.165, 1.54) is 11.1 Å². The standard InChI is InChI=1S/C28H31N3O4S/c1-4-22-18(10-11-31-16-21(32)13-24(31)28(33)34)6-5-7-23(22)26-15-30-27(36-26)19-8-9-25(35-17(2)3)20(12-19)14-29/h5-9,12,15,17,21,24,32H,4,10-11,13,16H2,1-3H3,(H,33,34)/t21-,24+/m1/s1. The molecule has 36 heavy (non-hydrogen) atoms. The van der Waals surface area contributed by atoms with Crippen LogP contribution in [0.5, 0.6) is 5.75 Å². The molecule has 1 aliphatic rings. The molecule has 1 fully saturated rings. The zero-order chi connectivity index (χ0) is 25.8. The summed E-state index contributed by atoms with van der Waals surface area (Å²) in [5.74, 6) is -0.304. The van der Waals surface area contributed by atoms with E-state index in [4.69, 9.17) is 4.74 Å². The number of aromatic nitrogens is 1. The first-order valence-electron chi connectivity index (χ1n) is 12.2. The molecule has 8 heteroatoms. The number of aliphatic hydroxyl groups excluding tert-OH is 1. The predicted molar refractivity (Wildman–Crippen MR) is 140 cm³/mol. The largest absolute Gasteiger partial charge is 0.490 e. The maximum absolute atomic E-state index is 11.6. The zero-order valence-electron chi connectivity index (χ0n) is 20.8. The molecule has 2 aromatic carbocycles. The maximum atomic E-state index is 11.6. The molecule has 1 aromatic heterocycles. The van der Waals surface area contributed by atoms with Crippen LogP contribution in [0.25, 0.3) is 21.0 Å². The topological polar surface area (TPSA) is 107 Å². The summed E-state index contributed by atoms with van der Waals surface area (Å²) >= 11 is 1.58. The van der Waals surface area contributed by atoms with Crippen LogP contribution in [-0.4, -0.2) is 57.4 Å². The molecule has 7 nitrogen and oxygen atoms in total. The number of nitriles is 1. The number of benzene rings is 2. The molecule has 0 amide bonds. The van der Waals surface area contributed by atoms with Crippen molar-refractivity contribution in [3.05, 3.63) is 59.3 Å². The lowest BCUT2D eigenvalue weighted by molar-refractivity contribution is -0.142. The summed E-state index contributed by atoms with van der Waals surface area (Å²) in [5.41, 5.74) is 4.88. The van der Waals surface area contributed by atoms with Gasteiger partial charge >= 0.3 is 5.97 Å². The lowest BCUT2D eigenvalue weighted by atomic mass is 9.96. The van der Waals surface area contributed by atoms with Gasteiger partial charge in [-0.25, -0.2) is 4.98 Å². The van der Waals surface area contributed by atoms with Crippen LogP contribution in [0.1, 0.15) is 43.9 Å². The fraction of sp³-hybridized carbons (Fsp3) is 0.393. The Hall–Kier alpha value is -3.25. The number of carboxylic acids is 1. The SMILES string of the molecule is CCc1c(CCN2C[C@H](O)C[C@H]2C(=O)O)cccc1-c1cnc(-c2ccc(OC(C)C)c(C#N)c2)s1. The van der Waals surface area contributed by atoms with Crippen molar-refractivity contribution in [3.63, 3.8) is 0 Å². The molecular weight excluding hydrogens is 474 g/mol. The van der Waals surface area contributed by atoms with E-state index in [1.54, 1.807) is 11.3 Å². The van der Waals surface area contributed by atoms with E-state index >= 15 is 0 Å². The molecule has 188 valence electrons. The van der Waals surface area contributed by atoms with Crippen LogP contribution in [0.4, 0.5) is 0 Å². The van der Waals surface area contributed by atoms with E-state index < -0.39 is 18.1 Å².